The highest BCUT2D eigenvalue weighted by Crippen LogP contribution is 2.28. The molecule has 5 nitrogen and oxygen atoms in total. The molecule has 2 N–H and O–H groups in total. The molecule has 100 valence electrons. The van der Waals surface area contributed by atoms with E-state index in [1.165, 1.54) is 24.2 Å². The summed E-state index contributed by atoms with van der Waals surface area (Å²) in [5.74, 6) is 0.692. The van der Waals surface area contributed by atoms with E-state index < -0.39 is 0 Å². The Morgan fingerprint density at radius 1 is 1.67 bits per heavy atom. The van der Waals surface area contributed by atoms with Crippen molar-refractivity contribution in [1.29, 1.82) is 0 Å². The molecule has 0 aromatic carbocycles. The van der Waals surface area contributed by atoms with Crippen molar-refractivity contribution in [3.8, 4) is 0 Å². The molecule has 2 rings (SSSR count). The van der Waals surface area contributed by atoms with Gasteiger partial charge in [-0.3, -0.25) is 4.79 Å². The van der Waals surface area contributed by atoms with Crippen LogP contribution in [0.5, 0.6) is 0 Å². The first-order valence-electron chi connectivity index (χ1n) is 6.18. The van der Waals surface area contributed by atoms with Crippen molar-refractivity contribution in [3.05, 3.63) is 16.1 Å². The van der Waals surface area contributed by atoms with Gasteiger partial charge in [-0.15, -0.1) is 11.3 Å². The van der Waals surface area contributed by atoms with Gasteiger partial charge in [0.1, 0.15) is 10.7 Å². The summed E-state index contributed by atoms with van der Waals surface area (Å²) in [6.45, 7) is 2.40. The van der Waals surface area contributed by atoms with Crippen molar-refractivity contribution in [3.63, 3.8) is 0 Å². The van der Waals surface area contributed by atoms with Gasteiger partial charge in [-0.1, -0.05) is 0 Å². The van der Waals surface area contributed by atoms with Crippen molar-refractivity contribution in [1.82, 2.24) is 9.88 Å². The van der Waals surface area contributed by atoms with Crippen LogP contribution in [-0.4, -0.2) is 42.6 Å². The predicted octanol–water partition coefficient (Wildman–Crippen LogP) is 1.10. The molecular weight excluding hydrogens is 250 g/mol. The van der Waals surface area contributed by atoms with E-state index in [2.05, 4.69) is 4.98 Å². The van der Waals surface area contributed by atoms with Gasteiger partial charge in [0.15, 0.2) is 0 Å². The van der Waals surface area contributed by atoms with E-state index in [1.807, 2.05) is 0 Å². The summed E-state index contributed by atoms with van der Waals surface area (Å²) in [5.41, 5.74) is 5.95. The van der Waals surface area contributed by atoms with Crippen molar-refractivity contribution in [2.45, 2.75) is 19.4 Å². The topological polar surface area (TPSA) is 68.5 Å². The summed E-state index contributed by atoms with van der Waals surface area (Å²) in [4.78, 5) is 17.8. The van der Waals surface area contributed by atoms with Gasteiger partial charge in [0, 0.05) is 32.1 Å². The smallest absolute Gasteiger partial charge is 0.273 e. The summed E-state index contributed by atoms with van der Waals surface area (Å²) in [6, 6.07) is 0. The average Bonchev–Trinajstić information content (AvgIpc) is 3.08. The third-order valence-electron chi connectivity index (χ3n) is 2.91. The number of thiazole rings is 1. The van der Waals surface area contributed by atoms with Crippen LogP contribution in [0.4, 0.5) is 0 Å². The maximum atomic E-state index is 12.0. The van der Waals surface area contributed by atoms with Crippen molar-refractivity contribution >= 4 is 17.2 Å². The number of likely N-dealkylation sites (N-methyl/N-ethyl adjacent to an activating group) is 1. The first-order chi connectivity index (χ1) is 8.70. The zero-order valence-corrected chi connectivity index (χ0v) is 11.4. The summed E-state index contributed by atoms with van der Waals surface area (Å²) in [6.07, 6.45) is 2.57. The van der Waals surface area contributed by atoms with E-state index in [1.54, 1.807) is 17.3 Å². The quantitative estimate of drug-likeness (QED) is 0.753. The second-order valence-electron chi connectivity index (χ2n) is 4.58. The molecule has 1 fully saturated rings. The zero-order valence-electron chi connectivity index (χ0n) is 10.6. The fraction of sp³-hybridized carbons (Fsp3) is 0.667. The third-order valence-corrected chi connectivity index (χ3v) is 3.78. The number of nitrogens with two attached hydrogens (primary N) is 1. The lowest BCUT2D eigenvalue weighted by atomic mass is 10.4. The molecule has 1 aromatic rings. The number of amides is 1. The molecule has 0 bridgehead atoms. The number of rotatable bonds is 7. The Morgan fingerprint density at radius 3 is 3.06 bits per heavy atom. The molecule has 1 aliphatic carbocycles. The van der Waals surface area contributed by atoms with Crippen molar-refractivity contribution in [2.75, 3.05) is 26.8 Å². The molecule has 0 atom stereocenters. The second-order valence-corrected chi connectivity index (χ2v) is 5.52. The molecule has 1 saturated carbocycles. The van der Waals surface area contributed by atoms with Crippen LogP contribution >= 0.6 is 11.3 Å². The molecule has 18 heavy (non-hydrogen) atoms. The SMILES string of the molecule is CN(CCOCC1CC1)C(=O)c1csc(CN)n1. The molecule has 0 radical (unpaired) electrons. The Bertz CT molecular complexity index is 404. The number of aromatic nitrogens is 1. The van der Waals surface area contributed by atoms with E-state index in [4.69, 9.17) is 10.5 Å². The van der Waals surface area contributed by atoms with Gasteiger partial charge in [-0.2, -0.15) is 0 Å². The second kappa shape index (κ2) is 6.26. The highest BCUT2D eigenvalue weighted by molar-refractivity contribution is 7.09. The van der Waals surface area contributed by atoms with Crippen LogP contribution in [0.25, 0.3) is 0 Å². The summed E-state index contributed by atoms with van der Waals surface area (Å²) < 4.78 is 5.51. The van der Waals surface area contributed by atoms with Crippen LogP contribution in [0.1, 0.15) is 28.3 Å². The lowest BCUT2D eigenvalue weighted by Gasteiger charge is -2.15. The maximum Gasteiger partial charge on any atom is 0.273 e. The first kappa shape index (κ1) is 13.5. The molecule has 1 aromatic heterocycles. The van der Waals surface area contributed by atoms with Crippen LogP contribution in [-0.2, 0) is 11.3 Å². The Morgan fingerprint density at radius 2 is 2.44 bits per heavy atom. The van der Waals surface area contributed by atoms with E-state index in [0.29, 0.717) is 25.4 Å². The first-order valence-corrected chi connectivity index (χ1v) is 7.06. The molecule has 1 heterocycles. The van der Waals surface area contributed by atoms with Gasteiger partial charge in [0.05, 0.1) is 6.61 Å². The average molecular weight is 269 g/mol. The third kappa shape index (κ3) is 3.76. The van der Waals surface area contributed by atoms with Gasteiger partial charge >= 0.3 is 0 Å². The van der Waals surface area contributed by atoms with Crippen LogP contribution in [0, 0.1) is 5.92 Å². The zero-order chi connectivity index (χ0) is 13.0. The Hall–Kier alpha value is -0.980. The minimum Gasteiger partial charge on any atom is -0.379 e. The van der Waals surface area contributed by atoms with Crippen LogP contribution in [0.2, 0.25) is 0 Å². The molecule has 0 spiro atoms. The molecular formula is C12H19N3O2S. The van der Waals surface area contributed by atoms with E-state index in [-0.39, 0.29) is 5.91 Å². The summed E-state index contributed by atoms with van der Waals surface area (Å²) in [5, 5.41) is 2.54. The maximum absolute atomic E-state index is 12.0. The van der Waals surface area contributed by atoms with Gasteiger partial charge in [0.2, 0.25) is 0 Å². The van der Waals surface area contributed by atoms with Crippen molar-refractivity contribution in [2.24, 2.45) is 11.7 Å². The Balaban J connectivity index is 1.72. The fourth-order valence-electron chi connectivity index (χ4n) is 1.54. The molecule has 0 saturated heterocycles. The van der Waals surface area contributed by atoms with E-state index >= 15 is 0 Å². The fourth-order valence-corrected chi connectivity index (χ4v) is 2.18. The van der Waals surface area contributed by atoms with Gasteiger partial charge in [-0.25, -0.2) is 4.98 Å². The van der Waals surface area contributed by atoms with Gasteiger partial charge in [0.25, 0.3) is 5.91 Å². The lowest BCUT2D eigenvalue weighted by Crippen LogP contribution is -2.30. The molecule has 6 heteroatoms. The van der Waals surface area contributed by atoms with Gasteiger partial charge in [-0.05, 0) is 18.8 Å². The highest BCUT2D eigenvalue weighted by atomic mass is 32.1. The van der Waals surface area contributed by atoms with E-state index in [0.717, 1.165) is 17.5 Å². The number of ether oxygens (including phenoxy) is 1. The summed E-state index contributed by atoms with van der Waals surface area (Å²) in [7, 11) is 1.77. The Labute approximate surface area is 111 Å². The molecule has 0 unspecified atom stereocenters. The Kier molecular flexibility index (Phi) is 4.68. The predicted molar refractivity (Wildman–Crippen MR) is 70.5 cm³/mol. The van der Waals surface area contributed by atoms with Crippen LogP contribution in [0.15, 0.2) is 5.38 Å². The van der Waals surface area contributed by atoms with Crippen LogP contribution in [0.3, 0.4) is 0 Å². The normalized spacial score (nSPS) is 14.8. The standard InChI is InChI=1S/C12H19N3O2S/c1-15(4-5-17-7-9-2-3-9)12(16)10-8-18-11(6-13)14-10/h8-9H,2-7,13H2,1H3. The molecule has 1 aliphatic rings. The van der Waals surface area contributed by atoms with Gasteiger partial charge < -0.3 is 15.4 Å². The van der Waals surface area contributed by atoms with E-state index in [9.17, 15) is 4.79 Å². The number of hydrogen-bond acceptors (Lipinski definition) is 5. The minimum absolute atomic E-state index is 0.0685. The van der Waals surface area contributed by atoms with Crippen LogP contribution < -0.4 is 5.73 Å². The largest absolute Gasteiger partial charge is 0.379 e. The number of carbonyl (C=O) groups excluding carboxylic acids is 1. The number of nitrogens with zero attached hydrogens (tertiary/aromatic N) is 2. The summed E-state index contributed by atoms with van der Waals surface area (Å²) >= 11 is 1.42. The molecule has 1 amide bonds. The molecule has 0 aliphatic heterocycles. The van der Waals surface area contributed by atoms with Crippen molar-refractivity contribution < 1.29 is 9.53 Å². The number of hydrogen-bond donors (Lipinski definition) is 1. The minimum atomic E-state index is -0.0685. The lowest BCUT2D eigenvalue weighted by molar-refractivity contribution is 0.0676. The monoisotopic (exact) mass is 269 g/mol. The highest BCUT2D eigenvalue weighted by Gasteiger charge is 2.21. The number of carbonyl (C=O) groups is 1.